The number of rotatable bonds is 8. The Morgan fingerprint density at radius 2 is 1.96 bits per heavy atom. The largest absolute Gasteiger partial charge is 0.331 e. The summed E-state index contributed by atoms with van der Waals surface area (Å²) in [5, 5.41) is 11.3. The van der Waals surface area contributed by atoms with Crippen LogP contribution in [0, 0.1) is 0 Å². The first-order valence-corrected chi connectivity index (χ1v) is 16.6. The summed E-state index contributed by atoms with van der Waals surface area (Å²) in [6.07, 6.45) is 5.13. The van der Waals surface area contributed by atoms with Gasteiger partial charge in [-0.3, -0.25) is 14.8 Å². The van der Waals surface area contributed by atoms with Crippen molar-refractivity contribution in [3.63, 3.8) is 0 Å². The van der Waals surface area contributed by atoms with Crippen molar-refractivity contribution in [2.24, 2.45) is 0 Å². The average molecular weight is 671 g/mol. The van der Waals surface area contributed by atoms with Crippen LogP contribution >= 0.6 is 34.5 Å². The predicted octanol–water partition coefficient (Wildman–Crippen LogP) is 7.32. The van der Waals surface area contributed by atoms with Crippen LogP contribution in [0.3, 0.4) is 0 Å². The number of carbonyl (C=O) groups excluding carboxylic acids is 1. The number of imidazole rings is 1. The fraction of sp³-hybridized carbons (Fsp3) is 0.375. The predicted molar refractivity (Wildman–Crippen MR) is 174 cm³/mol. The molecule has 1 amide bonds. The Balaban J connectivity index is 1.20. The number of piperidine rings is 1. The number of carbonyl (C=O) groups is 1. The monoisotopic (exact) mass is 669 g/mol. The molecule has 0 aliphatic carbocycles. The van der Waals surface area contributed by atoms with Gasteiger partial charge in [0.2, 0.25) is 0 Å². The molecule has 3 aromatic heterocycles. The van der Waals surface area contributed by atoms with Crippen molar-refractivity contribution in [3.8, 4) is 11.1 Å². The Morgan fingerprint density at radius 3 is 2.67 bits per heavy atom. The minimum atomic E-state index is -1.04. The van der Waals surface area contributed by atoms with E-state index in [4.69, 9.17) is 28.3 Å². The van der Waals surface area contributed by atoms with Crippen LogP contribution in [0.15, 0.2) is 54.4 Å². The molecule has 5 aromatic rings. The lowest BCUT2D eigenvalue weighted by atomic mass is 9.88. The van der Waals surface area contributed by atoms with Crippen molar-refractivity contribution in [3.05, 3.63) is 81.4 Å². The van der Waals surface area contributed by atoms with Gasteiger partial charge in [-0.2, -0.15) is 5.10 Å². The molecule has 1 fully saturated rings. The highest BCUT2D eigenvalue weighted by molar-refractivity contribution is 7.13. The summed E-state index contributed by atoms with van der Waals surface area (Å²) < 4.78 is 31.0. The minimum Gasteiger partial charge on any atom is -0.331 e. The van der Waals surface area contributed by atoms with Crippen molar-refractivity contribution < 1.29 is 13.6 Å². The second-order valence-corrected chi connectivity index (χ2v) is 13.5. The molecule has 3 atom stereocenters. The molecule has 3 unspecified atom stereocenters. The third-order valence-electron chi connectivity index (χ3n) is 8.72. The number of anilines is 1. The van der Waals surface area contributed by atoms with Crippen molar-refractivity contribution >= 4 is 56.5 Å². The maximum Gasteiger partial charge on any atom is 0.257 e. The third-order valence-corrected chi connectivity index (χ3v) is 10.1. The Morgan fingerprint density at radius 1 is 1.18 bits per heavy atom. The molecule has 8 nitrogen and oxygen atoms in total. The lowest BCUT2D eigenvalue weighted by Gasteiger charge is -2.32. The van der Waals surface area contributed by atoms with Gasteiger partial charge < -0.3 is 9.47 Å². The first kappa shape index (κ1) is 30.3. The van der Waals surface area contributed by atoms with Crippen LogP contribution in [-0.2, 0) is 17.8 Å². The summed E-state index contributed by atoms with van der Waals surface area (Å²) in [4.78, 5) is 24.6. The number of aromatic nitrogens is 5. The molecule has 2 aliphatic rings. The van der Waals surface area contributed by atoms with E-state index in [-0.39, 0.29) is 13.0 Å². The number of benzene rings is 2. The summed E-state index contributed by atoms with van der Waals surface area (Å²) in [7, 11) is 0. The van der Waals surface area contributed by atoms with E-state index < -0.39 is 24.3 Å². The van der Waals surface area contributed by atoms with Crippen molar-refractivity contribution in [1.29, 1.82) is 0 Å². The van der Waals surface area contributed by atoms with Crippen molar-refractivity contribution in [1.82, 2.24) is 29.2 Å². The zero-order valence-electron chi connectivity index (χ0n) is 24.5. The van der Waals surface area contributed by atoms with Crippen LogP contribution < -0.4 is 5.32 Å². The molecule has 0 radical (unpaired) electrons. The number of amides is 1. The zero-order chi connectivity index (χ0) is 31.2. The average Bonchev–Trinajstić information content (AvgIpc) is 3.82. The van der Waals surface area contributed by atoms with E-state index in [9.17, 15) is 13.6 Å². The zero-order valence-corrected chi connectivity index (χ0v) is 26.8. The lowest BCUT2D eigenvalue weighted by Crippen LogP contribution is -2.36. The summed E-state index contributed by atoms with van der Waals surface area (Å²) in [5.74, 6) is 0.0154. The van der Waals surface area contributed by atoms with E-state index in [0.29, 0.717) is 49.9 Å². The van der Waals surface area contributed by atoms with Gasteiger partial charge >= 0.3 is 0 Å². The SMILES string of the molecule is CC(F)CN1CCC(c2ccc(-c3cc(Cl)c4cn(C(C(=O)Nc5nccs5)c5ncn6c5CC(F)C6)nc4c3Cl)cc2)CC1. The number of fused-ring (bicyclic) bond motifs is 2. The van der Waals surface area contributed by atoms with Gasteiger partial charge in [-0.25, -0.2) is 18.7 Å². The van der Waals surface area contributed by atoms with E-state index in [1.165, 1.54) is 21.6 Å². The molecule has 0 bridgehead atoms. The van der Waals surface area contributed by atoms with Gasteiger partial charge in [0.25, 0.3) is 5.91 Å². The van der Waals surface area contributed by atoms with Gasteiger partial charge in [-0.1, -0.05) is 47.5 Å². The highest BCUT2D eigenvalue weighted by Gasteiger charge is 2.34. The van der Waals surface area contributed by atoms with Crippen molar-refractivity contribution in [2.75, 3.05) is 25.0 Å². The van der Waals surface area contributed by atoms with Gasteiger partial charge in [0, 0.05) is 47.4 Å². The second-order valence-electron chi connectivity index (χ2n) is 11.8. The van der Waals surface area contributed by atoms with Gasteiger partial charge in [0.15, 0.2) is 11.2 Å². The molecule has 13 heteroatoms. The van der Waals surface area contributed by atoms with E-state index in [1.807, 2.05) is 18.2 Å². The molecule has 2 aliphatic heterocycles. The Kier molecular flexibility index (Phi) is 8.37. The van der Waals surface area contributed by atoms with E-state index in [1.54, 1.807) is 35.6 Å². The van der Waals surface area contributed by atoms with Crippen molar-refractivity contribution in [2.45, 2.75) is 57.0 Å². The van der Waals surface area contributed by atoms with Gasteiger partial charge in [0.05, 0.1) is 28.6 Å². The first-order chi connectivity index (χ1) is 21.7. The standard InChI is InChI=1S/C32H31Cl2F2N7OS/c1-18(35)14-41-9-6-20(7-10-41)19-2-4-21(5-3-19)23-13-25(33)24-16-43(40-28(24)27(23)34)30(31(44)39-32-37-8-11-45-32)29-26-12-22(36)15-42(26)17-38-29/h2-5,8,11,13,16-18,20,22,30H,6-7,9-10,12,14-15H2,1H3,(H,37,39,44). The molecule has 0 spiro atoms. The number of hydrogen-bond acceptors (Lipinski definition) is 6. The number of halogens is 4. The second kappa shape index (κ2) is 12.4. The molecule has 7 rings (SSSR count). The van der Waals surface area contributed by atoms with Crippen LogP contribution in [-0.4, -0.2) is 67.1 Å². The summed E-state index contributed by atoms with van der Waals surface area (Å²) in [6, 6.07) is 9.14. The summed E-state index contributed by atoms with van der Waals surface area (Å²) >= 11 is 15.1. The highest BCUT2D eigenvalue weighted by atomic mass is 35.5. The van der Waals surface area contributed by atoms with Gasteiger partial charge in [-0.05, 0) is 56.0 Å². The lowest BCUT2D eigenvalue weighted by molar-refractivity contribution is -0.118. The van der Waals surface area contributed by atoms with E-state index in [2.05, 4.69) is 32.3 Å². The molecule has 45 heavy (non-hydrogen) atoms. The number of nitrogens with one attached hydrogen (secondary N) is 1. The molecular weight excluding hydrogens is 639 g/mol. The van der Waals surface area contributed by atoms with Crippen LogP contribution in [0.4, 0.5) is 13.9 Å². The fourth-order valence-corrected chi connectivity index (χ4v) is 7.64. The number of hydrogen-bond donors (Lipinski definition) is 1. The Labute approximate surface area is 273 Å². The van der Waals surface area contributed by atoms with Gasteiger partial charge in [0.1, 0.15) is 17.9 Å². The fourth-order valence-electron chi connectivity index (χ4n) is 6.55. The topological polar surface area (TPSA) is 80.9 Å². The molecule has 0 saturated carbocycles. The normalized spacial score (nSPS) is 18.7. The number of thiazole rings is 1. The Hall–Kier alpha value is -3.38. The van der Waals surface area contributed by atoms with Crippen LogP contribution in [0.5, 0.6) is 0 Å². The van der Waals surface area contributed by atoms with Crippen LogP contribution in [0.2, 0.25) is 10.0 Å². The molecule has 1 saturated heterocycles. The molecule has 1 N–H and O–H groups in total. The quantitative estimate of drug-likeness (QED) is 0.187. The van der Waals surface area contributed by atoms with Gasteiger partial charge in [-0.15, -0.1) is 11.3 Å². The van der Waals surface area contributed by atoms with Crippen LogP contribution in [0.25, 0.3) is 22.0 Å². The molecule has 2 aromatic carbocycles. The summed E-state index contributed by atoms with van der Waals surface area (Å²) in [5.41, 5.74) is 4.39. The molecular formula is C32H31Cl2F2N7OS. The number of nitrogens with zero attached hydrogens (tertiary/aromatic N) is 6. The number of alkyl halides is 2. The molecule has 5 heterocycles. The van der Waals surface area contributed by atoms with E-state index in [0.717, 1.165) is 37.1 Å². The smallest absolute Gasteiger partial charge is 0.257 e. The van der Waals surface area contributed by atoms with E-state index >= 15 is 0 Å². The third kappa shape index (κ3) is 5.98. The number of likely N-dealkylation sites (tertiary alicyclic amines) is 1. The molecule has 234 valence electrons. The maximum absolute atomic E-state index is 14.3. The van der Waals surface area contributed by atoms with Crippen LogP contribution in [0.1, 0.15) is 48.7 Å². The maximum atomic E-state index is 14.3. The Bertz CT molecular complexity index is 1830. The summed E-state index contributed by atoms with van der Waals surface area (Å²) in [6.45, 7) is 4.07. The minimum absolute atomic E-state index is 0.161. The highest BCUT2D eigenvalue weighted by Crippen LogP contribution is 2.40. The first-order valence-electron chi connectivity index (χ1n) is 15.0.